The largest absolute Gasteiger partial charge is 0.453 e. The van der Waals surface area contributed by atoms with Gasteiger partial charge >= 0.3 is 0 Å². The molecule has 0 saturated carbocycles. The summed E-state index contributed by atoms with van der Waals surface area (Å²) in [6.07, 6.45) is 0.715. The SMILES string of the molecule is Cc1cc(N(C)C)ccc1-c1ccc(C=O)o1. The van der Waals surface area contributed by atoms with Crippen LogP contribution in [0.15, 0.2) is 34.7 Å². The van der Waals surface area contributed by atoms with Gasteiger partial charge in [0.05, 0.1) is 0 Å². The van der Waals surface area contributed by atoms with Gasteiger partial charge in [-0.15, -0.1) is 0 Å². The van der Waals surface area contributed by atoms with Crippen molar-refractivity contribution in [2.24, 2.45) is 0 Å². The van der Waals surface area contributed by atoms with E-state index >= 15 is 0 Å². The molecule has 0 bridgehead atoms. The van der Waals surface area contributed by atoms with Gasteiger partial charge in [0, 0.05) is 25.3 Å². The smallest absolute Gasteiger partial charge is 0.185 e. The molecule has 0 N–H and O–H groups in total. The lowest BCUT2D eigenvalue weighted by atomic mass is 10.1. The lowest BCUT2D eigenvalue weighted by Crippen LogP contribution is -2.08. The van der Waals surface area contributed by atoms with Gasteiger partial charge in [-0.3, -0.25) is 4.79 Å². The van der Waals surface area contributed by atoms with Crippen molar-refractivity contribution in [3.8, 4) is 11.3 Å². The maximum Gasteiger partial charge on any atom is 0.185 e. The molecule has 0 unspecified atom stereocenters. The molecule has 0 aliphatic carbocycles. The lowest BCUT2D eigenvalue weighted by molar-refractivity contribution is 0.110. The van der Waals surface area contributed by atoms with Crippen LogP contribution in [0.25, 0.3) is 11.3 Å². The first-order valence-electron chi connectivity index (χ1n) is 5.45. The van der Waals surface area contributed by atoms with Gasteiger partial charge in [0.15, 0.2) is 12.0 Å². The van der Waals surface area contributed by atoms with Crippen molar-refractivity contribution < 1.29 is 9.21 Å². The molecule has 1 aromatic heterocycles. The van der Waals surface area contributed by atoms with Crippen molar-refractivity contribution in [2.45, 2.75) is 6.92 Å². The van der Waals surface area contributed by atoms with Crippen molar-refractivity contribution in [2.75, 3.05) is 19.0 Å². The molecular weight excluding hydrogens is 214 g/mol. The molecule has 1 aromatic carbocycles. The second-order valence-electron chi connectivity index (χ2n) is 4.21. The third-order valence-corrected chi connectivity index (χ3v) is 2.73. The van der Waals surface area contributed by atoms with Crippen molar-refractivity contribution >= 4 is 12.0 Å². The number of benzene rings is 1. The standard InChI is InChI=1S/C14H15NO2/c1-10-8-11(15(2)3)4-6-13(10)14-7-5-12(9-16)17-14/h4-9H,1-3H3. The second-order valence-corrected chi connectivity index (χ2v) is 4.21. The Hall–Kier alpha value is -2.03. The van der Waals surface area contributed by atoms with Gasteiger partial charge in [-0.2, -0.15) is 0 Å². The Morgan fingerprint density at radius 1 is 1.18 bits per heavy atom. The highest BCUT2D eigenvalue weighted by atomic mass is 16.3. The van der Waals surface area contributed by atoms with Crippen LogP contribution >= 0.6 is 0 Å². The van der Waals surface area contributed by atoms with E-state index < -0.39 is 0 Å². The van der Waals surface area contributed by atoms with Gasteiger partial charge in [0.1, 0.15) is 5.76 Å². The fourth-order valence-electron chi connectivity index (χ4n) is 1.76. The second kappa shape index (κ2) is 4.45. The molecule has 0 atom stereocenters. The van der Waals surface area contributed by atoms with E-state index in [2.05, 4.69) is 11.0 Å². The van der Waals surface area contributed by atoms with E-state index in [4.69, 9.17) is 4.42 Å². The molecule has 3 nitrogen and oxygen atoms in total. The number of aryl methyl sites for hydroxylation is 1. The highest BCUT2D eigenvalue weighted by Gasteiger charge is 2.08. The zero-order valence-electron chi connectivity index (χ0n) is 10.2. The Morgan fingerprint density at radius 3 is 2.47 bits per heavy atom. The summed E-state index contributed by atoms with van der Waals surface area (Å²) < 4.78 is 5.42. The van der Waals surface area contributed by atoms with E-state index in [0.29, 0.717) is 12.0 Å². The number of aldehydes is 1. The van der Waals surface area contributed by atoms with E-state index in [-0.39, 0.29) is 0 Å². The summed E-state index contributed by atoms with van der Waals surface area (Å²) >= 11 is 0. The number of nitrogens with zero attached hydrogens (tertiary/aromatic N) is 1. The predicted octanol–water partition coefficient (Wildman–Crippen LogP) is 3.13. The molecule has 0 spiro atoms. The molecule has 2 rings (SSSR count). The quantitative estimate of drug-likeness (QED) is 0.758. The Labute approximate surface area is 101 Å². The minimum atomic E-state index is 0.357. The van der Waals surface area contributed by atoms with Crippen molar-refractivity contribution in [3.05, 3.63) is 41.7 Å². The average molecular weight is 229 g/mol. The zero-order chi connectivity index (χ0) is 12.4. The summed E-state index contributed by atoms with van der Waals surface area (Å²) in [6, 6.07) is 9.64. The highest BCUT2D eigenvalue weighted by Crippen LogP contribution is 2.28. The van der Waals surface area contributed by atoms with Crippen molar-refractivity contribution in [1.82, 2.24) is 0 Å². The first-order valence-corrected chi connectivity index (χ1v) is 5.45. The van der Waals surface area contributed by atoms with Gasteiger partial charge < -0.3 is 9.32 Å². The molecule has 2 aromatic rings. The molecular formula is C14H15NO2. The number of carbonyl (C=O) groups is 1. The van der Waals surface area contributed by atoms with E-state index in [1.54, 1.807) is 6.07 Å². The maximum atomic E-state index is 10.6. The summed E-state index contributed by atoms with van der Waals surface area (Å²) in [5, 5.41) is 0. The molecule has 0 saturated heterocycles. The van der Waals surface area contributed by atoms with Gasteiger partial charge in [-0.05, 0) is 42.8 Å². The predicted molar refractivity (Wildman–Crippen MR) is 68.6 cm³/mol. The summed E-state index contributed by atoms with van der Waals surface area (Å²) in [4.78, 5) is 12.6. The van der Waals surface area contributed by atoms with Gasteiger partial charge in [-0.1, -0.05) is 0 Å². The van der Waals surface area contributed by atoms with Gasteiger partial charge in [0.2, 0.25) is 0 Å². The molecule has 0 aliphatic rings. The van der Waals surface area contributed by atoms with Crippen LogP contribution in [0.3, 0.4) is 0 Å². The molecule has 0 radical (unpaired) electrons. The molecule has 0 amide bonds. The van der Waals surface area contributed by atoms with Crippen LogP contribution in [0.1, 0.15) is 16.1 Å². The third-order valence-electron chi connectivity index (χ3n) is 2.73. The fraction of sp³-hybridized carbons (Fsp3) is 0.214. The van der Waals surface area contributed by atoms with Crippen LogP contribution in [0.2, 0.25) is 0 Å². The van der Waals surface area contributed by atoms with Crippen LogP contribution < -0.4 is 4.90 Å². The number of rotatable bonds is 3. The Bertz CT molecular complexity index is 541. The topological polar surface area (TPSA) is 33.5 Å². The Balaban J connectivity index is 2.42. The van der Waals surface area contributed by atoms with Gasteiger partial charge in [0.25, 0.3) is 0 Å². The van der Waals surface area contributed by atoms with Crippen LogP contribution in [-0.2, 0) is 0 Å². The maximum absolute atomic E-state index is 10.6. The molecule has 1 heterocycles. The van der Waals surface area contributed by atoms with E-state index in [9.17, 15) is 4.79 Å². The number of hydrogen-bond acceptors (Lipinski definition) is 3. The summed E-state index contributed by atoms with van der Waals surface area (Å²) in [7, 11) is 4.01. The van der Waals surface area contributed by atoms with E-state index in [1.807, 2.05) is 39.2 Å². The summed E-state index contributed by atoms with van der Waals surface area (Å²) in [5.41, 5.74) is 3.29. The van der Waals surface area contributed by atoms with E-state index in [1.165, 1.54) is 0 Å². The number of furan rings is 1. The van der Waals surface area contributed by atoms with Gasteiger partial charge in [-0.25, -0.2) is 0 Å². The van der Waals surface area contributed by atoms with Crippen LogP contribution in [0.5, 0.6) is 0 Å². The van der Waals surface area contributed by atoms with Crippen molar-refractivity contribution in [3.63, 3.8) is 0 Å². The molecule has 88 valence electrons. The Morgan fingerprint density at radius 2 is 1.94 bits per heavy atom. The minimum absolute atomic E-state index is 0.357. The van der Waals surface area contributed by atoms with Crippen LogP contribution in [-0.4, -0.2) is 20.4 Å². The van der Waals surface area contributed by atoms with Crippen molar-refractivity contribution in [1.29, 1.82) is 0 Å². The average Bonchev–Trinajstić information content (AvgIpc) is 2.77. The number of carbonyl (C=O) groups excluding carboxylic acids is 1. The minimum Gasteiger partial charge on any atom is -0.453 e. The van der Waals surface area contributed by atoms with Crippen LogP contribution in [0.4, 0.5) is 5.69 Å². The first kappa shape index (κ1) is 11.5. The molecule has 17 heavy (non-hydrogen) atoms. The highest BCUT2D eigenvalue weighted by molar-refractivity contribution is 5.74. The zero-order valence-corrected chi connectivity index (χ0v) is 10.2. The Kier molecular flexibility index (Phi) is 3.00. The summed E-state index contributed by atoms with van der Waals surface area (Å²) in [6.45, 7) is 2.03. The normalized spacial score (nSPS) is 10.3. The van der Waals surface area contributed by atoms with Crippen LogP contribution in [0, 0.1) is 6.92 Å². The molecule has 0 fully saturated rings. The fourth-order valence-corrected chi connectivity index (χ4v) is 1.76. The monoisotopic (exact) mass is 229 g/mol. The lowest BCUT2D eigenvalue weighted by Gasteiger charge is -2.14. The first-order chi connectivity index (χ1) is 8.11. The number of anilines is 1. The number of hydrogen-bond donors (Lipinski definition) is 0. The molecule has 3 heteroatoms. The summed E-state index contributed by atoms with van der Waals surface area (Å²) in [5.74, 6) is 1.09. The van der Waals surface area contributed by atoms with E-state index in [0.717, 1.165) is 22.6 Å². The molecule has 0 aliphatic heterocycles. The third kappa shape index (κ3) is 2.23.